The van der Waals surface area contributed by atoms with E-state index in [1.807, 2.05) is 0 Å². The number of amides is 5. The highest BCUT2D eigenvalue weighted by Crippen LogP contribution is 2.11. The third-order valence-corrected chi connectivity index (χ3v) is 7.00. The summed E-state index contributed by atoms with van der Waals surface area (Å²) < 4.78 is 0.495. The standard InChI is InChI=1S/C27H50N8O10/c1-5-24(39)18-30-12-16-35(45)25(10-15-34(44)21(4)38)27(41)31-23(9-14-33(43)20(3)37)17-29-11-6-7-22(26(28)40)8-13-32(42)19(2)36/h22-23,25,29-30,42-44H,5-18H2,1-4H3,(H2-,28,31,40,41)/p+1/t22-,23-,25-/m1/s1. The van der Waals surface area contributed by atoms with Crippen LogP contribution in [0.2, 0.25) is 0 Å². The predicted molar refractivity (Wildman–Crippen MR) is 159 cm³/mol. The summed E-state index contributed by atoms with van der Waals surface area (Å²) in [6, 6.07) is -1.99. The number of Topliss-reactive ketones (excluding diaryl/α,β-unsaturated/α-hetero) is 1. The highest BCUT2D eigenvalue weighted by atomic mass is 16.5. The summed E-state index contributed by atoms with van der Waals surface area (Å²) in [5.41, 5.74) is 5.45. The first-order valence-electron chi connectivity index (χ1n) is 15.0. The van der Waals surface area contributed by atoms with Crippen molar-refractivity contribution >= 4 is 35.3 Å². The van der Waals surface area contributed by atoms with Crippen molar-refractivity contribution in [1.82, 2.24) is 31.1 Å². The van der Waals surface area contributed by atoms with E-state index in [2.05, 4.69) is 16.0 Å². The molecule has 0 aliphatic carbocycles. The fraction of sp³-hybridized carbons (Fsp3) is 0.778. The average molecular weight is 648 g/mol. The van der Waals surface area contributed by atoms with Gasteiger partial charge in [-0.15, -0.1) is 0 Å². The predicted octanol–water partition coefficient (Wildman–Crippen LogP) is -1.46. The number of nitrogens with one attached hydrogen (secondary N) is 3. The average Bonchev–Trinajstić information content (AvgIpc) is 2.97. The van der Waals surface area contributed by atoms with Gasteiger partial charge in [-0.3, -0.25) is 44.4 Å². The first-order chi connectivity index (χ1) is 21.1. The first-order valence-corrected chi connectivity index (χ1v) is 15.0. The number of nitrogens with zero attached hydrogens (tertiary/aromatic N) is 4. The van der Waals surface area contributed by atoms with E-state index in [1.54, 1.807) is 6.92 Å². The van der Waals surface area contributed by atoms with Gasteiger partial charge >= 0.3 is 0 Å². The van der Waals surface area contributed by atoms with Gasteiger partial charge in [0, 0.05) is 68.3 Å². The molecule has 0 aromatic rings. The maximum Gasteiger partial charge on any atom is 0.293 e. The Bertz CT molecular complexity index is 999. The van der Waals surface area contributed by atoms with Gasteiger partial charge in [-0.1, -0.05) is 6.92 Å². The van der Waals surface area contributed by atoms with Crippen molar-refractivity contribution in [2.45, 2.75) is 78.3 Å². The van der Waals surface area contributed by atoms with Crippen LogP contribution in [0.4, 0.5) is 0 Å². The zero-order chi connectivity index (χ0) is 34.5. The molecular formula is C27H51N8O10+. The van der Waals surface area contributed by atoms with E-state index < -0.39 is 47.5 Å². The van der Waals surface area contributed by atoms with Gasteiger partial charge in [0.05, 0.1) is 26.2 Å². The van der Waals surface area contributed by atoms with E-state index in [0.717, 1.165) is 13.8 Å². The molecule has 258 valence electrons. The Morgan fingerprint density at radius 3 is 1.82 bits per heavy atom. The second-order valence-electron chi connectivity index (χ2n) is 10.7. The minimum Gasteiger partial charge on any atom is -0.369 e. The number of nitrogens with two attached hydrogens (primary N) is 1. The molecule has 18 heteroatoms. The Morgan fingerprint density at radius 1 is 0.778 bits per heavy atom. The molecule has 3 atom stereocenters. The number of hydrogen-bond acceptors (Lipinski definition) is 12. The van der Waals surface area contributed by atoms with Crippen molar-refractivity contribution in [2.75, 3.05) is 52.4 Å². The lowest BCUT2D eigenvalue weighted by molar-refractivity contribution is -0.572. The molecule has 0 spiro atoms. The highest BCUT2D eigenvalue weighted by Gasteiger charge is 2.35. The maximum absolute atomic E-state index is 13.3. The van der Waals surface area contributed by atoms with E-state index in [-0.39, 0.29) is 70.9 Å². The molecule has 0 unspecified atom stereocenters. The topological polar surface area (TPSA) is 255 Å². The lowest BCUT2D eigenvalue weighted by atomic mass is 9.98. The molecule has 0 aliphatic rings. The highest BCUT2D eigenvalue weighted by molar-refractivity contribution is 5.81. The van der Waals surface area contributed by atoms with Crippen LogP contribution in [-0.2, 0) is 28.8 Å². The zero-order valence-electron chi connectivity index (χ0n) is 26.7. The number of hydroxylamine groups is 6. The van der Waals surface area contributed by atoms with Crippen molar-refractivity contribution in [3.8, 4) is 0 Å². The Labute approximate surface area is 263 Å². The van der Waals surface area contributed by atoms with Gasteiger partial charge in [-0.05, 0) is 32.2 Å². The molecule has 0 aliphatic heterocycles. The van der Waals surface area contributed by atoms with Gasteiger partial charge < -0.3 is 21.7 Å². The molecule has 8 N–H and O–H groups in total. The monoisotopic (exact) mass is 647 g/mol. The molecule has 45 heavy (non-hydrogen) atoms. The van der Waals surface area contributed by atoms with Crippen LogP contribution in [0.1, 0.15) is 66.2 Å². The van der Waals surface area contributed by atoms with E-state index >= 15 is 0 Å². The fourth-order valence-electron chi connectivity index (χ4n) is 4.08. The summed E-state index contributed by atoms with van der Waals surface area (Å²) in [5.74, 6) is -3.76. The molecule has 0 rings (SSSR count). The number of nitroso groups, excluding NO2 is 1. The summed E-state index contributed by atoms with van der Waals surface area (Å²) in [6.45, 7) is 5.23. The summed E-state index contributed by atoms with van der Waals surface area (Å²) in [5, 5.41) is 39.2. The Kier molecular flexibility index (Phi) is 21.0. The van der Waals surface area contributed by atoms with Gasteiger partial charge in [-0.2, -0.15) is 0 Å². The van der Waals surface area contributed by atoms with Gasteiger partial charge in [0.15, 0.2) is 0 Å². The summed E-state index contributed by atoms with van der Waals surface area (Å²) >= 11 is 0. The number of rotatable bonds is 25. The van der Waals surface area contributed by atoms with Crippen LogP contribution in [-0.4, -0.2) is 135 Å². The summed E-state index contributed by atoms with van der Waals surface area (Å²) in [4.78, 5) is 83.6. The van der Waals surface area contributed by atoms with Gasteiger partial charge in [0.2, 0.25) is 30.2 Å². The van der Waals surface area contributed by atoms with E-state index in [9.17, 15) is 49.3 Å². The van der Waals surface area contributed by atoms with E-state index in [0.29, 0.717) is 45.8 Å². The van der Waals surface area contributed by atoms with Crippen LogP contribution < -0.4 is 21.7 Å². The third-order valence-electron chi connectivity index (χ3n) is 7.00. The molecule has 0 saturated carbocycles. The van der Waals surface area contributed by atoms with Gasteiger partial charge in [-0.25, -0.2) is 15.2 Å². The van der Waals surface area contributed by atoms with Crippen molar-refractivity contribution < 1.29 is 49.1 Å². The molecule has 0 bridgehead atoms. The Balaban J connectivity index is 5.38. The summed E-state index contributed by atoms with van der Waals surface area (Å²) in [6.07, 6.45) is 1.23. The van der Waals surface area contributed by atoms with Gasteiger partial charge in [0.1, 0.15) is 5.78 Å². The van der Waals surface area contributed by atoms with Crippen LogP contribution in [0, 0.1) is 10.8 Å². The third kappa shape index (κ3) is 18.7. The van der Waals surface area contributed by atoms with Crippen LogP contribution in [0.25, 0.3) is 0 Å². The molecular weight excluding hydrogens is 596 g/mol. The van der Waals surface area contributed by atoms with Gasteiger partial charge in [0.25, 0.3) is 11.9 Å². The molecule has 0 heterocycles. The number of carbonyl (C=O) groups excluding carboxylic acids is 6. The number of ketones is 1. The second kappa shape index (κ2) is 22.9. The SMILES string of the molecule is CCC(=O)CNCC[N+](=O)[C@H](CCN(O)C(C)=O)C(=O)N[C@H](CCN(O)C(C)=O)CNCCC[C@H](CCN(O)C(C)=O)C(N)=O. The van der Waals surface area contributed by atoms with Crippen molar-refractivity contribution in [2.24, 2.45) is 11.7 Å². The lowest BCUT2D eigenvalue weighted by Gasteiger charge is -2.23. The van der Waals surface area contributed by atoms with Crippen LogP contribution in [0.3, 0.4) is 0 Å². The molecule has 0 fully saturated rings. The van der Waals surface area contributed by atoms with Crippen LogP contribution >= 0.6 is 0 Å². The van der Waals surface area contributed by atoms with Crippen molar-refractivity contribution in [3.63, 3.8) is 0 Å². The molecule has 5 amide bonds. The van der Waals surface area contributed by atoms with Crippen molar-refractivity contribution in [1.29, 1.82) is 0 Å². The van der Waals surface area contributed by atoms with E-state index in [4.69, 9.17) is 5.73 Å². The quantitative estimate of drug-likeness (QED) is 0.0260. The minimum absolute atomic E-state index is 0.0483. The van der Waals surface area contributed by atoms with Crippen LogP contribution in [0.15, 0.2) is 0 Å². The smallest absolute Gasteiger partial charge is 0.293 e. The number of primary amides is 1. The fourth-order valence-corrected chi connectivity index (χ4v) is 4.08. The lowest BCUT2D eigenvalue weighted by Crippen LogP contribution is -2.51. The summed E-state index contributed by atoms with van der Waals surface area (Å²) in [7, 11) is 0. The first kappa shape index (κ1) is 41.4. The maximum atomic E-state index is 13.3. The zero-order valence-corrected chi connectivity index (χ0v) is 26.7. The Morgan fingerprint density at radius 2 is 1.31 bits per heavy atom. The molecule has 0 aromatic heterocycles. The largest absolute Gasteiger partial charge is 0.369 e. The Hall–Kier alpha value is -3.58. The molecule has 18 nitrogen and oxygen atoms in total. The number of hydrogen-bond donors (Lipinski definition) is 7. The van der Waals surface area contributed by atoms with E-state index in [1.165, 1.54) is 6.92 Å². The molecule has 0 aromatic carbocycles. The number of carbonyl (C=O) groups is 6. The minimum atomic E-state index is -1.32. The normalized spacial score (nSPS) is 12.9. The second-order valence-corrected chi connectivity index (χ2v) is 10.7. The molecule has 0 saturated heterocycles. The van der Waals surface area contributed by atoms with Crippen molar-refractivity contribution in [3.05, 3.63) is 4.91 Å². The van der Waals surface area contributed by atoms with Crippen LogP contribution in [0.5, 0.6) is 0 Å². The molecule has 0 radical (unpaired) electrons.